The lowest BCUT2D eigenvalue weighted by Gasteiger charge is -2.13. The fourth-order valence-electron chi connectivity index (χ4n) is 4.90. The van der Waals surface area contributed by atoms with Crippen molar-refractivity contribution in [1.82, 2.24) is 35.5 Å². The van der Waals surface area contributed by atoms with E-state index in [4.69, 9.17) is 9.72 Å². The van der Waals surface area contributed by atoms with Gasteiger partial charge in [0, 0.05) is 25.1 Å². The molecule has 0 atom stereocenters. The van der Waals surface area contributed by atoms with Gasteiger partial charge in [0.25, 0.3) is 5.91 Å². The van der Waals surface area contributed by atoms with Gasteiger partial charge in [-0.1, -0.05) is 98.6 Å². The molecule has 0 aliphatic heterocycles. The molecule has 0 saturated heterocycles. The Morgan fingerprint density at radius 1 is 0.932 bits per heavy atom. The lowest BCUT2D eigenvalue weighted by molar-refractivity contribution is -0.115. The molecule has 3 aromatic carbocycles. The van der Waals surface area contributed by atoms with Crippen molar-refractivity contribution in [3.05, 3.63) is 107 Å². The molecule has 2 N–H and O–H groups in total. The SMILES string of the molecule is CCCc1nc(CC)c(C(=O)OCC#CC(=O)NCc2ccccc2)n1Cc1ccc(-c2ccccc2-c2nn[nH]n2)cc1. The molecule has 222 valence electrons. The number of hydrogen-bond acceptors (Lipinski definition) is 7. The van der Waals surface area contributed by atoms with Gasteiger partial charge in [-0.25, -0.2) is 9.78 Å². The maximum atomic E-state index is 13.3. The van der Waals surface area contributed by atoms with Crippen LogP contribution in [-0.2, 0) is 35.5 Å². The van der Waals surface area contributed by atoms with Crippen molar-refractivity contribution in [3.8, 4) is 34.4 Å². The number of carbonyl (C=O) groups is 2. The van der Waals surface area contributed by atoms with Crippen molar-refractivity contribution < 1.29 is 14.3 Å². The molecule has 5 rings (SSSR count). The van der Waals surface area contributed by atoms with E-state index in [9.17, 15) is 9.59 Å². The quantitative estimate of drug-likeness (QED) is 0.168. The second-order valence-electron chi connectivity index (χ2n) is 10.0. The summed E-state index contributed by atoms with van der Waals surface area (Å²) < 4.78 is 7.44. The van der Waals surface area contributed by atoms with Gasteiger partial charge in [-0.05, 0) is 46.2 Å². The standard InChI is InChI=1S/C34H33N7O3/c1-3-11-30-36-29(4-2)32(34(43)44-21-10-16-31(42)35-22-24-12-6-5-7-13-24)41(30)23-25-17-19-26(20-18-25)27-14-8-9-15-28(27)33-37-39-40-38-33/h5-9,12-15,17-20H,3-4,11,21-23H2,1-2H3,(H,35,42)(H,37,38,39,40). The number of nitrogens with zero attached hydrogens (tertiary/aromatic N) is 5. The minimum Gasteiger partial charge on any atom is -0.448 e. The number of nitrogens with one attached hydrogen (secondary N) is 2. The number of aryl methyl sites for hydroxylation is 2. The van der Waals surface area contributed by atoms with Gasteiger partial charge in [0.1, 0.15) is 5.82 Å². The number of tetrazole rings is 1. The molecule has 5 aromatic rings. The first-order chi connectivity index (χ1) is 21.6. The lowest BCUT2D eigenvalue weighted by Crippen LogP contribution is -2.21. The van der Waals surface area contributed by atoms with E-state index < -0.39 is 11.9 Å². The highest BCUT2D eigenvalue weighted by atomic mass is 16.5. The zero-order chi connectivity index (χ0) is 30.7. The van der Waals surface area contributed by atoms with E-state index in [1.165, 1.54) is 0 Å². The third kappa shape index (κ3) is 7.25. The van der Waals surface area contributed by atoms with Gasteiger partial charge in [-0.15, -0.1) is 10.2 Å². The molecule has 10 nitrogen and oxygen atoms in total. The number of benzene rings is 3. The van der Waals surface area contributed by atoms with Crippen molar-refractivity contribution in [3.63, 3.8) is 0 Å². The topological polar surface area (TPSA) is 128 Å². The van der Waals surface area contributed by atoms with Crippen LogP contribution in [0.25, 0.3) is 22.5 Å². The molecule has 0 bridgehead atoms. The predicted octanol–water partition coefficient (Wildman–Crippen LogP) is 4.77. The molecule has 2 heterocycles. The van der Waals surface area contributed by atoms with Crippen LogP contribution in [0, 0.1) is 11.8 Å². The van der Waals surface area contributed by atoms with Crippen molar-refractivity contribution >= 4 is 11.9 Å². The fourth-order valence-corrected chi connectivity index (χ4v) is 4.90. The monoisotopic (exact) mass is 587 g/mol. The number of esters is 1. The molecule has 0 aliphatic rings. The summed E-state index contributed by atoms with van der Waals surface area (Å²) in [6.07, 6.45) is 2.18. The Labute approximate surface area is 255 Å². The van der Waals surface area contributed by atoms with E-state index in [1.807, 2.05) is 90.4 Å². The molecular weight excluding hydrogens is 554 g/mol. The van der Waals surface area contributed by atoms with Crippen molar-refractivity contribution in [2.75, 3.05) is 6.61 Å². The predicted molar refractivity (Wildman–Crippen MR) is 166 cm³/mol. The van der Waals surface area contributed by atoms with E-state index >= 15 is 0 Å². The number of aromatic amines is 1. The average Bonchev–Trinajstić information content (AvgIpc) is 3.72. The highest BCUT2D eigenvalue weighted by Crippen LogP contribution is 2.30. The minimum absolute atomic E-state index is 0.205. The highest BCUT2D eigenvalue weighted by Gasteiger charge is 2.23. The Balaban J connectivity index is 1.30. The molecular formula is C34H33N7O3. The van der Waals surface area contributed by atoms with Crippen LogP contribution in [0.3, 0.4) is 0 Å². The second kappa shape index (κ2) is 14.6. The number of rotatable bonds is 11. The number of hydrogen-bond donors (Lipinski definition) is 2. The van der Waals surface area contributed by atoms with Crippen LogP contribution < -0.4 is 5.32 Å². The Bertz CT molecular complexity index is 1770. The average molecular weight is 588 g/mol. The summed E-state index contributed by atoms with van der Waals surface area (Å²) in [5, 5.41) is 17.2. The highest BCUT2D eigenvalue weighted by molar-refractivity contribution is 5.93. The first kappa shape index (κ1) is 29.9. The molecule has 0 spiro atoms. The first-order valence-corrected chi connectivity index (χ1v) is 14.6. The Hall–Kier alpha value is -5.56. The summed E-state index contributed by atoms with van der Waals surface area (Å²) in [7, 11) is 0. The van der Waals surface area contributed by atoms with Crippen LogP contribution in [0.15, 0.2) is 78.9 Å². The van der Waals surface area contributed by atoms with Gasteiger partial charge in [0.15, 0.2) is 12.3 Å². The number of H-pyrrole nitrogens is 1. The smallest absolute Gasteiger partial charge is 0.357 e. The molecule has 44 heavy (non-hydrogen) atoms. The van der Waals surface area contributed by atoms with E-state index in [-0.39, 0.29) is 6.61 Å². The molecule has 0 radical (unpaired) electrons. The Morgan fingerprint density at radius 3 is 2.39 bits per heavy atom. The lowest BCUT2D eigenvalue weighted by atomic mass is 9.98. The summed E-state index contributed by atoms with van der Waals surface area (Å²) in [6, 6.07) is 25.6. The second-order valence-corrected chi connectivity index (χ2v) is 10.0. The van der Waals surface area contributed by atoms with Crippen LogP contribution >= 0.6 is 0 Å². The minimum atomic E-state index is -0.513. The molecule has 0 saturated carbocycles. The van der Waals surface area contributed by atoms with Crippen molar-refractivity contribution in [2.45, 2.75) is 46.2 Å². The first-order valence-electron chi connectivity index (χ1n) is 14.6. The van der Waals surface area contributed by atoms with Gasteiger partial charge < -0.3 is 14.6 Å². The van der Waals surface area contributed by atoms with E-state index in [2.05, 4.69) is 44.7 Å². The van der Waals surface area contributed by atoms with E-state index in [1.54, 1.807) is 0 Å². The van der Waals surface area contributed by atoms with Crippen LogP contribution in [-0.4, -0.2) is 48.7 Å². The Morgan fingerprint density at radius 2 is 1.68 bits per heavy atom. The summed E-state index contributed by atoms with van der Waals surface area (Å²) >= 11 is 0. The molecule has 0 unspecified atom stereocenters. The third-order valence-electron chi connectivity index (χ3n) is 7.01. The number of carbonyl (C=O) groups excluding carboxylic acids is 2. The molecule has 2 aromatic heterocycles. The summed E-state index contributed by atoms with van der Waals surface area (Å²) in [5.41, 5.74) is 5.95. The van der Waals surface area contributed by atoms with Gasteiger partial charge in [-0.2, -0.15) is 5.21 Å². The maximum Gasteiger partial charge on any atom is 0.357 e. The fraction of sp³-hybridized carbons (Fsp3) is 0.235. The normalized spacial score (nSPS) is 10.6. The largest absolute Gasteiger partial charge is 0.448 e. The summed E-state index contributed by atoms with van der Waals surface area (Å²) in [5.74, 6) is 5.55. The Kier molecular flexibility index (Phi) is 9.90. The van der Waals surface area contributed by atoms with Crippen molar-refractivity contribution in [2.24, 2.45) is 0 Å². The van der Waals surface area contributed by atoms with Crippen LogP contribution in [0.5, 0.6) is 0 Å². The zero-order valence-corrected chi connectivity index (χ0v) is 24.7. The zero-order valence-electron chi connectivity index (χ0n) is 24.7. The number of aromatic nitrogens is 6. The van der Waals surface area contributed by atoms with Crippen LogP contribution in [0.2, 0.25) is 0 Å². The van der Waals surface area contributed by atoms with Gasteiger partial charge in [0.05, 0.1) is 5.69 Å². The third-order valence-corrected chi connectivity index (χ3v) is 7.01. The molecule has 0 fully saturated rings. The molecule has 0 aliphatic carbocycles. The number of amides is 1. The van der Waals surface area contributed by atoms with Crippen LogP contribution in [0.1, 0.15) is 53.4 Å². The van der Waals surface area contributed by atoms with Crippen molar-refractivity contribution in [1.29, 1.82) is 0 Å². The van der Waals surface area contributed by atoms with E-state index in [0.29, 0.717) is 36.7 Å². The van der Waals surface area contributed by atoms with Crippen LogP contribution in [0.4, 0.5) is 0 Å². The summed E-state index contributed by atoms with van der Waals surface area (Å²) in [6.45, 7) is 4.67. The van der Waals surface area contributed by atoms with Gasteiger partial charge in [-0.3, -0.25) is 4.79 Å². The maximum absolute atomic E-state index is 13.3. The number of imidazole rings is 1. The van der Waals surface area contributed by atoms with E-state index in [0.717, 1.165) is 46.5 Å². The summed E-state index contributed by atoms with van der Waals surface area (Å²) in [4.78, 5) is 30.2. The van der Waals surface area contributed by atoms with Gasteiger partial charge in [0.2, 0.25) is 5.82 Å². The number of ether oxygens (including phenoxy) is 1. The molecule has 1 amide bonds. The van der Waals surface area contributed by atoms with Gasteiger partial charge >= 0.3 is 5.97 Å². The molecule has 10 heteroatoms.